The van der Waals surface area contributed by atoms with Crippen LogP contribution in [0.4, 0.5) is 0 Å². The third-order valence-corrected chi connectivity index (χ3v) is 8.34. The summed E-state index contributed by atoms with van der Waals surface area (Å²) in [6.07, 6.45) is 16.8. The highest BCUT2D eigenvalue weighted by atomic mass is 15.3. The van der Waals surface area contributed by atoms with Gasteiger partial charge in [-0.05, 0) is 67.6 Å². The molecular formula is C29H44N4. The lowest BCUT2D eigenvalue weighted by Gasteiger charge is -2.39. The minimum atomic E-state index is 0.250. The molecule has 33 heavy (non-hydrogen) atoms. The summed E-state index contributed by atoms with van der Waals surface area (Å²) < 4.78 is 2.47. The predicted molar refractivity (Wildman–Crippen MR) is 137 cm³/mol. The van der Waals surface area contributed by atoms with E-state index in [0.29, 0.717) is 12.0 Å². The number of benzene rings is 1. The van der Waals surface area contributed by atoms with Crippen molar-refractivity contribution in [1.29, 1.82) is 0 Å². The lowest BCUT2D eigenvalue weighted by atomic mass is 9.84. The number of nitrogens with zero attached hydrogens (tertiary/aromatic N) is 3. The van der Waals surface area contributed by atoms with Crippen molar-refractivity contribution in [2.75, 3.05) is 13.1 Å². The summed E-state index contributed by atoms with van der Waals surface area (Å²) in [6.45, 7) is 7.69. The van der Waals surface area contributed by atoms with Gasteiger partial charge in [-0.3, -0.25) is 4.90 Å². The molecule has 1 saturated carbocycles. The smallest absolute Gasteiger partial charge is 0.126 e. The summed E-state index contributed by atoms with van der Waals surface area (Å²) in [5.41, 5.74) is 12.2. The average molecular weight is 449 g/mol. The van der Waals surface area contributed by atoms with Gasteiger partial charge in [-0.1, -0.05) is 58.1 Å². The van der Waals surface area contributed by atoms with E-state index in [1.165, 1.54) is 81.3 Å². The second-order valence-electron chi connectivity index (χ2n) is 11.5. The van der Waals surface area contributed by atoms with Gasteiger partial charge in [0.1, 0.15) is 5.82 Å². The second-order valence-corrected chi connectivity index (χ2v) is 11.5. The molecule has 1 aliphatic heterocycles. The highest BCUT2D eigenvalue weighted by Crippen LogP contribution is 2.38. The van der Waals surface area contributed by atoms with Gasteiger partial charge in [-0.15, -0.1) is 0 Å². The SMILES string of the molecule is CC(C)C[C@H](N)CN1CCn2cc(-c3ccc4c(c3)CCCC4)nc2[C@@H]1CC1CCCCC1. The van der Waals surface area contributed by atoms with Crippen molar-refractivity contribution in [3.63, 3.8) is 0 Å². The van der Waals surface area contributed by atoms with Crippen molar-refractivity contribution < 1.29 is 0 Å². The molecule has 2 heterocycles. The predicted octanol–water partition coefficient (Wildman–Crippen LogP) is 6.13. The molecule has 1 aromatic carbocycles. The molecule has 0 radical (unpaired) electrons. The van der Waals surface area contributed by atoms with Gasteiger partial charge in [-0.25, -0.2) is 4.98 Å². The molecule has 0 spiro atoms. The fraction of sp³-hybridized carbons (Fsp3) is 0.690. The summed E-state index contributed by atoms with van der Waals surface area (Å²) in [7, 11) is 0. The summed E-state index contributed by atoms with van der Waals surface area (Å²) >= 11 is 0. The lowest BCUT2D eigenvalue weighted by Crippen LogP contribution is -2.45. The zero-order valence-electron chi connectivity index (χ0n) is 20.9. The van der Waals surface area contributed by atoms with Crippen LogP contribution in [0.25, 0.3) is 11.3 Å². The van der Waals surface area contributed by atoms with Gasteiger partial charge < -0.3 is 10.3 Å². The molecule has 0 saturated heterocycles. The first-order valence-corrected chi connectivity index (χ1v) is 13.8. The summed E-state index contributed by atoms with van der Waals surface area (Å²) in [4.78, 5) is 8.00. The quantitative estimate of drug-likeness (QED) is 0.554. The van der Waals surface area contributed by atoms with Crippen molar-refractivity contribution in [2.24, 2.45) is 17.6 Å². The number of imidazole rings is 1. The summed E-state index contributed by atoms with van der Waals surface area (Å²) in [6, 6.07) is 7.76. The van der Waals surface area contributed by atoms with Crippen molar-refractivity contribution in [1.82, 2.24) is 14.5 Å². The first kappa shape index (κ1) is 23.1. The minimum absolute atomic E-state index is 0.250. The van der Waals surface area contributed by atoms with Crippen LogP contribution in [-0.2, 0) is 19.4 Å². The molecule has 0 bridgehead atoms. The van der Waals surface area contributed by atoms with Crippen molar-refractivity contribution in [2.45, 2.75) is 103 Å². The fourth-order valence-corrected chi connectivity index (χ4v) is 6.66. The van der Waals surface area contributed by atoms with Crippen LogP contribution in [0, 0.1) is 11.8 Å². The molecule has 0 unspecified atom stereocenters. The third kappa shape index (κ3) is 5.38. The zero-order valence-corrected chi connectivity index (χ0v) is 20.9. The van der Waals surface area contributed by atoms with Crippen molar-refractivity contribution >= 4 is 0 Å². The van der Waals surface area contributed by atoms with E-state index in [2.05, 4.69) is 47.7 Å². The molecule has 2 aromatic rings. The van der Waals surface area contributed by atoms with Gasteiger partial charge in [0.05, 0.1) is 11.7 Å². The number of hydrogen-bond donors (Lipinski definition) is 1. The van der Waals surface area contributed by atoms with E-state index in [0.717, 1.165) is 32.0 Å². The Hall–Kier alpha value is -1.65. The maximum Gasteiger partial charge on any atom is 0.126 e. The van der Waals surface area contributed by atoms with E-state index in [-0.39, 0.29) is 6.04 Å². The largest absolute Gasteiger partial charge is 0.332 e. The summed E-state index contributed by atoms with van der Waals surface area (Å²) in [5, 5.41) is 0. The van der Waals surface area contributed by atoms with Crippen LogP contribution < -0.4 is 5.73 Å². The molecule has 4 nitrogen and oxygen atoms in total. The third-order valence-electron chi connectivity index (χ3n) is 8.34. The van der Waals surface area contributed by atoms with Crippen molar-refractivity contribution in [3.8, 4) is 11.3 Å². The number of fused-ring (bicyclic) bond motifs is 2. The van der Waals surface area contributed by atoms with Crippen LogP contribution in [0.3, 0.4) is 0 Å². The Labute approximate surface area is 201 Å². The topological polar surface area (TPSA) is 47.1 Å². The first-order valence-electron chi connectivity index (χ1n) is 13.8. The molecule has 2 atom stereocenters. The molecule has 0 amide bonds. The van der Waals surface area contributed by atoms with Gasteiger partial charge in [0.25, 0.3) is 0 Å². The average Bonchev–Trinajstić information content (AvgIpc) is 3.25. The van der Waals surface area contributed by atoms with Gasteiger partial charge in [-0.2, -0.15) is 0 Å². The number of nitrogens with two attached hydrogens (primary N) is 1. The van der Waals surface area contributed by atoms with Gasteiger partial charge in [0.2, 0.25) is 0 Å². The molecule has 5 rings (SSSR count). The Balaban J connectivity index is 1.41. The van der Waals surface area contributed by atoms with Crippen LogP contribution in [0.15, 0.2) is 24.4 Å². The number of rotatable bonds is 7. The number of aryl methyl sites for hydroxylation is 2. The van der Waals surface area contributed by atoms with E-state index in [9.17, 15) is 0 Å². The monoisotopic (exact) mass is 448 g/mol. The molecule has 4 heteroatoms. The van der Waals surface area contributed by atoms with Crippen molar-refractivity contribution in [3.05, 3.63) is 41.3 Å². The molecular weight excluding hydrogens is 404 g/mol. The Morgan fingerprint density at radius 1 is 1.00 bits per heavy atom. The van der Waals surface area contributed by atoms with Gasteiger partial charge in [0, 0.05) is 37.4 Å². The number of hydrogen-bond acceptors (Lipinski definition) is 3. The standard InChI is InChI=1S/C29H44N4/c1-21(2)16-26(30)19-32-14-15-33-20-27(25-13-12-23-10-6-7-11-24(23)18-25)31-29(33)28(32)17-22-8-4-3-5-9-22/h12-13,18,20-22,26,28H,3-11,14-17,19,30H2,1-2H3/t26-,28-/m0/s1. The molecule has 2 aliphatic carbocycles. The van der Waals surface area contributed by atoms with Gasteiger partial charge >= 0.3 is 0 Å². The minimum Gasteiger partial charge on any atom is -0.332 e. The Kier molecular flexibility index (Phi) is 7.22. The van der Waals surface area contributed by atoms with E-state index >= 15 is 0 Å². The van der Waals surface area contributed by atoms with Crippen LogP contribution in [0.2, 0.25) is 0 Å². The Bertz CT molecular complexity index is 924. The fourth-order valence-electron chi connectivity index (χ4n) is 6.66. The zero-order chi connectivity index (χ0) is 22.8. The van der Waals surface area contributed by atoms with E-state index in [1.807, 2.05) is 0 Å². The Morgan fingerprint density at radius 3 is 2.58 bits per heavy atom. The van der Waals surface area contributed by atoms with Crippen LogP contribution in [-0.4, -0.2) is 33.6 Å². The maximum atomic E-state index is 6.61. The first-order chi connectivity index (χ1) is 16.1. The van der Waals surface area contributed by atoms with E-state index in [4.69, 9.17) is 10.7 Å². The van der Waals surface area contributed by atoms with Crippen LogP contribution >= 0.6 is 0 Å². The second kappa shape index (κ2) is 10.3. The lowest BCUT2D eigenvalue weighted by molar-refractivity contribution is 0.110. The normalized spacial score (nSPS) is 22.8. The van der Waals surface area contributed by atoms with Crippen LogP contribution in [0.5, 0.6) is 0 Å². The molecule has 3 aliphatic rings. The Morgan fingerprint density at radius 2 is 1.79 bits per heavy atom. The summed E-state index contributed by atoms with van der Waals surface area (Å²) in [5.74, 6) is 2.78. The molecule has 180 valence electrons. The van der Waals surface area contributed by atoms with Crippen LogP contribution in [0.1, 0.15) is 94.6 Å². The molecule has 2 N–H and O–H groups in total. The highest BCUT2D eigenvalue weighted by molar-refractivity contribution is 5.61. The molecule has 1 aromatic heterocycles. The van der Waals surface area contributed by atoms with E-state index in [1.54, 1.807) is 11.1 Å². The maximum absolute atomic E-state index is 6.61. The van der Waals surface area contributed by atoms with Gasteiger partial charge in [0.15, 0.2) is 0 Å². The number of aromatic nitrogens is 2. The molecule has 1 fully saturated rings. The van der Waals surface area contributed by atoms with E-state index < -0.39 is 0 Å². The highest BCUT2D eigenvalue weighted by Gasteiger charge is 2.33.